The van der Waals surface area contributed by atoms with Gasteiger partial charge in [-0.25, -0.2) is 0 Å². The van der Waals surface area contributed by atoms with E-state index in [1.165, 1.54) is 141 Å². The van der Waals surface area contributed by atoms with E-state index in [0.717, 1.165) is 70.6 Å². The molecule has 1 aliphatic heterocycles. The summed E-state index contributed by atoms with van der Waals surface area (Å²) in [6.07, 6.45) is 39.6. The number of nitrogens with one attached hydrogen (secondary N) is 1. The average molecular weight is 910 g/mol. The lowest BCUT2D eigenvalue weighted by Crippen LogP contribution is -2.60. The van der Waals surface area contributed by atoms with E-state index in [1.54, 1.807) is 6.08 Å². The second kappa shape index (κ2) is 43.7. The zero-order valence-electron chi connectivity index (χ0n) is 41.0. The number of carbonyl (C=O) groups excluding carboxylic acids is 2. The Morgan fingerprint density at radius 3 is 1.55 bits per heavy atom. The summed E-state index contributed by atoms with van der Waals surface area (Å²) in [5.74, 6) is -0.252. The van der Waals surface area contributed by atoms with Crippen molar-refractivity contribution >= 4 is 11.9 Å². The molecule has 6 N–H and O–H groups in total. The van der Waals surface area contributed by atoms with Crippen LogP contribution in [0.2, 0.25) is 0 Å². The SMILES string of the molecule is CCCCCCCCCC/C=C/CC/C=C/C(O)C(COC1OC(CO)C(O)C(O)C1O)NC(=O)CCCCCCCCCCCCCOC(=O)CCCCCCCCCCCCC. The Labute approximate surface area is 391 Å². The van der Waals surface area contributed by atoms with Crippen LogP contribution in [0.3, 0.4) is 0 Å². The molecule has 11 nitrogen and oxygen atoms in total. The van der Waals surface area contributed by atoms with Gasteiger partial charge in [-0.05, 0) is 44.9 Å². The van der Waals surface area contributed by atoms with E-state index in [2.05, 4.69) is 31.3 Å². The molecular formula is C53H99NO10. The Kier molecular flexibility index (Phi) is 41.1. The van der Waals surface area contributed by atoms with E-state index >= 15 is 0 Å². The highest BCUT2D eigenvalue weighted by atomic mass is 16.7. The number of aliphatic hydroxyl groups is 5. The Morgan fingerprint density at radius 1 is 0.562 bits per heavy atom. The molecule has 0 saturated carbocycles. The minimum Gasteiger partial charge on any atom is -0.466 e. The number of ether oxygens (including phenoxy) is 3. The summed E-state index contributed by atoms with van der Waals surface area (Å²) < 4.78 is 16.6. The van der Waals surface area contributed by atoms with Crippen LogP contribution in [0.25, 0.3) is 0 Å². The van der Waals surface area contributed by atoms with Crippen molar-refractivity contribution in [2.45, 2.75) is 281 Å². The highest BCUT2D eigenvalue weighted by Crippen LogP contribution is 2.23. The molecule has 11 heteroatoms. The molecule has 7 unspecified atom stereocenters. The molecule has 1 aliphatic rings. The van der Waals surface area contributed by atoms with Crippen LogP contribution in [0.15, 0.2) is 24.3 Å². The van der Waals surface area contributed by atoms with Crippen molar-refractivity contribution in [1.29, 1.82) is 0 Å². The van der Waals surface area contributed by atoms with Crippen molar-refractivity contribution in [2.75, 3.05) is 19.8 Å². The van der Waals surface area contributed by atoms with Crippen LogP contribution in [0.1, 0.15) is 239 Å². The molecule has 376 valence electrons. The molecule has 64 heavy (non-hydrogen) atoms. The molecule has 1 heterocycles. The molecule has 0 aromatic heterocycles. The van der Waals surface area contributed by atoms with Crippen LogP contribution < -0.4 is 5.32 Å². The van der Waals surface area contributed by atoms with E-state index in [1.807, 2.05) is 6.08 Å². The number of esters is 1. The highest BCUT2D eigenvalue weighted by Gasteiger charge is 2.44. The van der Waals surface area contributed by atoms with Gasteiger partial charge in [0.1, 0.15) is 24.4 Å². The van der Waals surface area contributed by atoms with Crippen LogP contribution >= 0.6 is 0 Å². The summed E-state index contributed by atoms with van der Waals surface area (Å²) in [7, 11) is 0. The lowest BCUT2D eigenvalue weighted by molar-refractivity contribution is -0.302. The Morgan fingerprint density at radius 2 is 1.02 bits per heavy atom. The van der Waals surface area contributed by atoms with Crippen molar-refractivity contribution in [2.24, 2.45) is 0 Å². The fourth-order valence-corrected chi connectivity index (χ4v) is 8.27. The lowest BCUT2D eigenvalue weighted by atomic mass is 9.99. The van der Waals surface area contributed by atoms with Crippen LogP contribution in [-0.2, 0) is 23.8 Å². The predicted octanol–water partition coefficient (Wildman–Crippen LogP) is 11.0. The maximum atomic E-state index is 13.0. The van der Waals surface area contributed by atoms with Crippen LogP contribution in [0.5, 0.6) is 0 Å². The second-order valence-corrected chi connectivity index (χ2v) is 18.6. The van der Waals surface area contributed by atoms with Gasteiger partial charge in [0.05, 0.1) is 32.0 Å². The van der Waals surface area contributed by atoms with Gasteiger partial charge in [0.2, 0.25) is 5.91 Å². The van der Waals surface area contributed by atoms with Gasteiger partial charge in [-0.15, -0.1) is 0 Å². The van der Waals surface area contributed by atoms with Crippen molar-refractivity contribution in [3.63, 3.8) is 0 Å². The number of amides is 1. The van der Waals surface area contributed by atoms with Gasteiger partial charge in [-0.1, -0.05) is 205 Å². The third-order valence-electron chi connectivity index (χ3n) is 12.6. The summed E-state index contributed by atoms with van der Waals surface area (Å²) in [5.41, 5.74) is 0. The smallest absolute Gasteiger partial charge is 0.305 e. The molecule has 0 radical (unpaired) electrons. The molecule has 0 aromatic rings. The Bertz CT molecular complexity index is 1120. The number of aliphatic hydroxyl groups excluding tert-OH is 5. The van der Waals surface area contributed by atoms with E-state index in [4.69, 9.17) is 14.2 Å². The monoisotopic (exact) mass is 910 g/mol. The molecule has 1 saturated heterocycles. The maximum absolute atomic E-state index is 13.0. The Balaban J connectivity index is 2.23. The van der Waals surface area contributed by atoms with Crippen molar-refractivity contribution in [3.8, 4) is 0 Å². The minimum atomic E-state index is -1.58. The summed E-state index contributed by atoms with van der Waals surface area (Å²) in [5, 5.41) is 54.3. The molecule has 1 rings (SSSR count). The van der Waals surface area contributed by atoms with Crippen LogP contribution in [0, 0.1) is 0 Å². The zero-order valence-corrected chi connectivity index (χ0v) is 41.0. The number of hydrogen-bond acceptors (Lipinski definition) is 10. The fraction of sp³-hybridized carbons (Fsp3) is 0.887. The number of allylic oxidation sites excluding steroid dienone is 3. The van der Waals surface area contributed by atoms with E-state index in [0.29, 0.717) is 19.4 Å². The van der Waals surface area contributed by atoms with E-state index in [9.17, 15) is 35.1 Å². The number of rotatable bonds is 45. The molecule has 1 amide bonds. The van der Waals surface area contributed by atoms with Gasteiger partial charge >= 0.3 is 5.97 Å². The number of hydrogen-bond donors (Lipinski definition) is 6. The first-order chi connectivity index (χ1) is 31.2. The molecular weight excluding hydrogens is 811 g/mol. The third-order valence-corrected chi connectivity index (χ3v) is 12.6. The van der Waals surface area contributed by atoms with Crippen molar-refractivity contribution in [1.82, 2.24) is 5.32 Å². The van der Waals surface area contributed by atoms with Gasteiger partial charge in [-0.3, -0.25) is 9.59 Å². The molecule has 0 bridgehead atoms. The van der Waals surface area contributed by atoms with Gasteiger partial charge in [0.25, 0.3) is 0 Å². The Hall–Kier alpha value is -1.86. The van der Waals surface area contributed by atoms with Crippen LogP contribution in [0.4, 0.5) is 0 Å². The topological polar surface area (TPSA) is 175 Å². The first-order valence-corrected chi connectivity index (χ1v) is 26.6. The summed E-state index contributed by atoms with van der Waals surface area (Å²) >= 11 is 0. The first kappa shape index (κ1) is 60.2. The lowest BCUT2D eigenvalue weighted by Gasteiger charge is -2.40. The molecule has 0 spiro atoms. The largest absolute Gasteiger partial charge is 0.466 e. The average Bonchev–Trinajstić information content (AvgIpc) is 3.29. The predicted molar refractivity (Wildman–Crippen MR) is 260 cm³/mol. The third kappa shape index (κ3) is 33.6. The highest BCUT2D eigenvalue weighted by molar-refractivity contribution is 5.76. The van der Waals surface area contributed by atoms with Gasteiger partial charge in [0, 0.05) is 12.8 Å². The summed E-state index contributed by atoms with van der Waals surface area (Å²) in [6.45, 7) is 4.25. The van der Waals surface area contributed by atoms with Gasteiger partial charge in [0.15, 0.2) is 6.29 Å². The first-order valence-electron chi connectivity index (χ1n) is 26.6. The molecule has 0 aliphatic carbocycles. The standard InChI is InChI=1S/C53H99NO10/c1-3-5-7-9-11-13-15-16-17-20-23-27-31-35-39-46(56)45(44-63-53-52(61)51(60)50(59)47(43-55)64-53)54-48(57)40-36-32-28-24-21-18-22-26-30-34-38-42-62-49(58)41-37-33-29-25-19-14-12-10-8-6-4-2/h20,23,35,39,45-47,50-53,55-56,59-61H,3-19,21-22,24-34,36-38,40-44H2,1-2H3,(H,54,57)/b23-20+,39-35+. The summed E-state index contributed by atoms with van der Waals surface area (Å²) in [4.78, 5) is 25.0. The maximum Gasteiger partial charge on any atom is 0.305 e. The van der Waals surface area contributed by atoms with Crippen molar-refractivity contribution < 1.29 is 49.3 Å². The summed E-state index contributed by atoms with van der Waals surface area (Å²) in [6, 6.07) is -0.840. The van der Waals surface area contributed by atoms with Crippen molar-refractivity contribution in [3.05, 3.63) is 24.3 Å². The quantitative estimate of drug-likeness (QED) is 0.0196. The van der Waals surface area contributed by atoms with Gasteiger partial charge in [-0.2, -0.15) is 0 Å². The minimum absolute atomic E-state index is 0.0412. The molecule has 0 aromatic carbocycles. The molecule has 7 atom stereocenters. The molecule has 1 fully saturated rings. The van der Waals surface area contributed by atoms with Gasteiger partial charge < -0.3 is 45.1 Å². The second-order valence-electron chi connectivity index (χ2n) is 18.6. The fourth-order valence-electron chi connectivity index (χ4n) is 8.27. The van der Waals surface area contributed by atoms with E-state index in [-0.39, 0.29) is 18.5 Å². The number of carbonyl (C=O) groups is 2. The number of unbranched alkanes of at least 4 members (excludes halogenated alkanes) is 29. The normalized spacial score (nSPS) is 20.0. The van der Waals surface area contributed by atoms with Crippen LogP contribution in [-0.4, -0.2) is 100 Å². The zero-order chi connectivity index (χ0) is 46.7. The van der Waals surface area contributed by atoms with E-state index < -0.39 is 49.5 Å².